The van der Waals surface area contributed by atoms with Crippen LogP contribution in [-0.4, -0.2) is 46.0 Å². The Morgan fingerprint density at radius 3 is 2.25 bits per heavy atom. The molecule has 0 aromatic heterocycles. The SMILES string of the molecule is O=C(O)CCCBr.[NaH]. The molecule has 0 spiro atoms. The fraction of sp³-hybridized carbons (Fsp3) is 0.750. The summed E-state index contributed by atoms with van der Waals surface area (Å²) < 4.78 is 0. The number of hydrogen-bond donors (Lipinski definition) is 1. The molecule has 0 atom stereocenters. The van der Waals surface area contributed by atoms with Crippen LogP contribution in [0.4, 0.5) is 0 Å². The molecule has 0 radical (unpaired) electrons. The summed E-state index contributed by atoms with van der Waals surface area (Å²) in [4.78, 5) is 9.74. The minimum atomic E-state index is -0.723. The second-order valence-corrected chi connectivity index (χ2v) is 1.98. The summed E-state index contributed by atoms with van der Waals surface area (Å²) in [5, 5.41) is 8.80. The van der Waals surface area contributed by atoms with E-state index >= 15 is 0 Å². The van der Waals surface area contributed by atoms with Crippen LogP contribution in [0, 0.1) is 0 Å². The third kappa shape index (κ3) is 10.0. The third-order valence-corrected chi connectivity index (χ3v) is 1.09. The van der Waals surface area contributed by atoms with Gasteiger partial charge in [-0.05, 0) is 6.42 Å². The number of rotatable bonds is 3. The number of carboxylic acids is 1. The summed E-state index contributed by atoms with van der Waals surface area (Å²) in [6.07, 6.45) is 0.987. The van der Waals surface area contributed by atoms with Gasteiger partial charge in [0, 0.05) is 11.8 Å². The van der Waals surface area contributed by atoms with Gasteiger partial charge in [0.1, 0.15) is 0 Å². The van der Waals surface area contributed by atoms with Crippen molar-refractivity contribution in [3.8, 4) is 0 Å². The van der Waals surface area contributed by atoms with Crippen LogP contribution in [-0.2, 0) is 4.79 Å². The first kappa shape index (κ1) is 11.7. The zero-order chi connectivity index (χ0) is 5.70. The Balaban J connectivity index is 0. The molecule has 0 aliphatic carbocycles. The van der Waals surface area contributed by atoms with Crippen LogP contribution in [0.1, 0.15) is 12.8 Å². The first-order valence-corrected chi connectivity index (χ1v) is 3.17. The van der Waals surface area contributed by atoms with Gasteiger partial charge in [0.05, 0.1) is 0 Å². The Bertz CT molecular complexity index is 67.1. The number of carbonyl (C=O) groups is 1. The molecule has 44 valence electrons. The van der Waals surface area contributed by atoms with Gasteiger partial charge in [-0.3, -0.25) is 4.79 Å². The molecule has 4 heteroatoms. The third-order valence-electron chi connectivity index (χ3n) is 0.524. The van der Waals surface area contributed by atoms with E-state index < -0.39 is 5.97 Å². The van der Waals surface area contributed by atoms with E-state index in [0.717, 1.165) is 11.8 Å². The van der Waals surface area contributed by atoms with Crippen molar-refractivity contribution in [2.24, 2.45) is 0 Å². The Hall–Kier alpha value is 0.950. The predicted molar refractivity (Wildman–Crippen MR) is 37.8 cm³/mol. The summed E-state index contributed by atoms with van der Waals surface area (Å²) in [5.41, 5.74) is 0. The molecule has 0 aromatic rings. The fourth-order valence-electron chi connectivity index (χ4n) is 0.218. The van der Waals surface area contributed by atoms with Crippen molar-refractivity contribution in [1.29, 1.82) is 0 Å². The predicted octanol–water partition coefficient (Wildman–Crippen LogP) is 0.598. The number of hydrogen-bond acceptors (Lipinski definition) is 1. The molecule has 0 unspecified atom stereocenters. The molecular weight excluding hydrogens is 183 g/mol. The average Bonchev–Trinajstić information content (AvgIpc) is 1.61. The summed E-state index contributed by atoms with van der Waals surface area (Å²) in [5.74, 6) is -0.723. The van der Waals surface area contributed by atoms with Crippen LogP contribution in [0.2, 0.25) is 0 Å². The molecule has 0 saturated carbocycles. The van der Waals surface area contributed by atoms with Gasteiger partial charge < -0.3 is 5.11 Å². The average molecular weight is 191 g/mol. The van der Waals surface area contributed by atoms with Crippen LogP contribution in [0.25, 0.3) is 0 Å². The van der Waals surface area contributed by atoms with E-state index in [9.17, 15) is 4.79 Å². The van der Waals surface area contributed by atoms with E-state index in [2.05, 4.69) is 15.9 Å². The van der Waals surface area contributed by atoms with Gasteiger partial charge in [-0.2, -0.15) is 0 Å². The first-order chi connectivity index (χ1) is 3.27. The van der Waals surface area contributed by atoms with Crippen molar-refractivity contribution in [2.75, 3.05) is 5.33 Å². The van der Waals surface area contributed by atoms with Crippen LogP contribution >= 0.6 is 15.9 Å². The van der Waals surface area contributed by atoms with Crippen molar-refractivity contribution in [3.63, 3.8) is 0 Å². The van der Waals surface area contributed by atoms with Crippen molar-refractivity contribution >= 4 is 51.5 Å². The molecule has 0 aliphatic heterocycles. The number of alkyl halides is 1. The van der Waals surface area contributed by atoms with Gasteiger partial charge in [-0.1, -0.05) is 15.9 Å². The quantitative estimate of drug-likeness (QED) is 0.523. The number of carboxylic acid groups (broad SMARTS) is 1. The molecule has 0 aromatic carbocycles. The zero-order valence-electron chi connectivity index (χ0n) is 3.85. The van der Waals surface area contributed by atoms with Gasteiger partial charge in [0.25, 0.3) is 0 Å². The molecule has 0 fully saturated rings. The van der Waals surface area contributed by atoms with E-state index in [1.807, 2.05) is 0 Å². The summed E-state index contributed by atoms with van der Waals surface area (Å²) in [6, 6.07) is 0. The van der Waals surface area contributed by atoms with E-state index in [0.29, 0.717) is 0 Å². The Morgan fingerprint density at radius 2 is 2.12 bits per heavy atom. The molecule has 0 heterocycles. The van der Waals surface area contributed by atoms with Gasteiger partial charge in [-0.25, -0.2) is 0 Å². The molecule has 0 saturated heterocycles. The molecule has 0 aliphatic rings. The molecule has 1 N–H and O–H groups in total. The Kier molecular flexibility index (Phi) is 11.6. The molecule has 8 heavy (non-hydrogen) atoms. The van der Waals surface area contributed by atoms with Crippen molar-refractivity contribution < 1.29 is 9.90 Å². The van der Waals surface area contributed by atoms with E-state index in [1.54, 1.807) is 0 Å². The van der Waals surface area contributed by atoms with Gasteiger partial charge in [-0.15, -0.1) is 0 Å². The summed E-state index contributed by atoms with van der Waals surface area (Å²) in [7, 11) is 0. The minimum absolute atomic E-state index is 0. The maximum absolute atomic E-state index is 9.74. The maximum atomic E-state index is 9.74. The van der Waals surface area contributed by atoms with Gasteiger partial charge >= 0.3 is 35.5 Å². The number of halogens is 1. The standard InChI is InChI=1S/C4H7BrO2.Na.H/c5-3-1-2-4(6)7;;/h1-3H2,(H,6,7);;. The monoisotopic (exact) mass is 190 g/mol. The summed E-state index contributed by atoms with van der Waals surface area (Å²) in [6.45, 7) is 0. The van der Waals surface area contributed by atoms with E-state index in [4.69, 9.17) is 5.11 Å². The molecule has 0 bridgehead atoms. The van der Waals surface area contributed by atoms with Crippen molar-refractivity contribution in [2.45, 2.75) is 12.8 Å². The zero-order valence-corrected chi connectivity index (χ0v) is 5.44. The van der Waals surface area contributed by atoms with Crippen LogP contribution < -0.4 is 0 Å². The topological polar surface area (TPSA) is 37.3 Å². The fourth-order valence-corrected chi connectivity index (χ4v) is 0.498. The van der Waals surface area contributed by atoms with Crippen LogP contribution in [0.5, 0.6) is 0 Å². The molecule has 0 amide bonds. The normalized spacial score (nSPS) is 7.62. The van der Waals surface area contributed by atoms with E-state index in [1.165, 1.54) is 0 Å². The van der Waals surface area contributed by atoms with Crippen LogP contribution in [0.15, 0.2) is 0 Å². The van der Waals surface area contributed by atoms with E-state index in [-0.39, 0.29) is 36.0 Å². The van der Waals surface area contributed by atoms with Gasteiger partial charge in [0.15, 0.2) is 0 Å². The van der Waals surface area contributed by atoms with Crippen molar-refractivity contribution in [1.82, 2.24) is 0 Å². The molecular formula is C4H8BrNaO2. The van der Waals surface area contributed by atoms with Gasteiger partial charge in [0.2, 0.25) is 0 Å². The van der Waals surface area contributed by atoms with Crippen molar-refractivity contribution in [3.05, 3.63) is 0 Å². The Labute approximate surface area is 79.1 Å². The Morgan fingerprint density at radius 1 is 1.62 bits per heavy atom. The molecule has 0 rings (SSSR count). The number of aliphatic carboxylic acids is 1. The molecule has 2 nitrogen and oxygen atoms in total. The first-order valence-electron chi connectivity index (χ1n) is 2.05. The summed E-state index contributed by atoms with van der Waals surface area (Å²) >= 11 is 3.11. The van der Waals surface area contributed by atoms with Crippen LogP contribution in [0.3, 0.4) is 0 Å². The second kappa shape index (κ2) is 7.95. The second-order valence-electron chi connectivity index (χ2n) is 1.19.